The van der Waals surface area contributed by atoms with E-state index in [4.69, 9.17) is 16.6 Å². The molecule has 0 aromatic carbocycles. The zero-order valence-electron chi connectivity index (χ0n) is 6.57. The van der Waals surface area contributed by atoms with E-state index in [1.165, 1.54) is 6.20 Å². The van der Waals surface area contributed by atoms with Gasteiger partial charge < -0.3 is 16.6 Å². The normalized spacial score (nSPS) is 12.5. The number of halogens is 1. The van der Waals surface area contributed by atoms with Crippen LogP contribution in [-0.4, -0.2) is 16.1 Å². The molecule has 1 aromatic rings. The first-order chi connectivity index (χ1) is 6.02. The van der Waals surface area contributed by atoms with Gasteiger partial charge in [-0.05, 0) is 22.0 Å². The Hall–Kier alpha value is -1.14. The van der Waals surface area contributed by atoms with E-state index >= 15 is 0 Å². The molecule has 0 saturated carbocycles. The molecule has 0 aliphatic carbocycles. The fourth-order valence-electron chi connectivity index (χ4n) is 0.848. The predicted molar refractivity (Wildman–Crippen MR) is 50.9 cm³/mol. The number of nitrogens with zero attached hydrogens (tertiary/aromatic N) is 1. The van der Waals surface area contributed by atoms with Crippen LogP contribution >= 0.6 is 15.9 Å². The molecular weight excluding hydrogens is 238 g/mol. The molecule has 0 spiro atoms. The van der Waals surface area contributed by atoms with Gasteiger partial charge in [-0.2, -0.15) is 0 Å². The third-order valence-electron chi connectivity index (χ3n) is 1.52. The maximum Gasteiger partial charge on any atom is 0.325 e. The van der Waals surface area contributed by atoms with Crippen molar-refractivity contribution in [1.29, 1.82) is 0 Å². The van der Waals surface area contributed by atoms with Gasteiger partial charge in [-0.25, -0.2) is 4.98 Å². The van der Waals surface area contributed by atoms with Crippen LogP contribution in [0, 0.1) is 0 Å². The van der Waals surface area contributed by atoms with Gasteiger partial charge in [0.05, 0.1) is 0 Å². The van der Waals surface area contributed by atoms with Crippen LogP contribution in [0.1, 0.15) is 11.6 Å². The molecule has 0 saturated heterocycles. The number of carboxylic acids is 1. The van der Waals surface area contributed by atoms with Gasteiger partial charge in [0.25, 0.3) is 0 Å². The van der Waals surface area contributed by atoms with Crippen molar-refractivity contribution in [3.8, 4) is 0 Å². The third-order valence-corrected chi connectivity index (χ3v) is 1.95. The smallest absolute Gasteiger partial charge is 0.325 e. The first-order valence-corrected chi connectivity index (χ1v) is 4.21. The van der Waals surface area contributed by atoms with Crippen molar-refractivity contribution >= 4 is 27.7 Å². The van der Waals surface area contributed by atoms with Gasteiger partial charge in [-0.15, -0.1) is 0 Å². The van der Waals surface area contributed by atoms with Crippen LogP contribution in [0.2, 0.25) is 0 Å². The molecule has 0 bridgehead atoms. The molecule has 1 heterocycles. The number of hydrogen-bond acceptors (Lipinski definition) is 4. The fourth-order valence-corrected chi connectivity index (χ4v) is 1.20. The number of pyridine rings is 1. The van der Waals surface area contributed by atoms with E-state index in [2.05, 4.69) is 20.9 Å². The standard InChI is InChI=1S/C7H8BrN3O2/c8-3-1-4(5(9)7(12)13)6(10)11-2-3/h1-2,5H,9H2,(H2,10,11)(H,12,13). The van der Waals surface area contributed by atoms with Crippen molar-refractivity contribution in [2.45, 2.75) is 6.04 Å². The van der Waals surface area contributed by atoms with Crippen molar-refractivity contribution in [1.82, 2.24) is 4.98 Å². The van der Waals surface area contributed by atoms with E-state index in [-0.39, 0.29) is 5.82 Å². The number of carboxylic acid groups (broad SMARTS) is 1. The second kappa shape index (κ2) is 3.71. The van der Waals surface area contributed by atoms with Gasteiger partial charge in [-0.3, -0.25) is 4.79 Å². The van der Waals surface area contributed by atoms with E-state index in [1.807, 2.05) is 0 Å². The molecule has 1 aromatic heterocycles. The highest BCUT2D eigenvalue weighted by Gasteiger charge is 2.17. The molecule has 1 rings (SSSR count). The maximum absolute atomic E-state index is 10.5. The van der Waals surface area contributed by atoms with Crippen LogP contribution in [0.4, 0.5) is 5.82 Å². The Morgan fingerprint density at radius 1 is 1.69 bits per heavy atom. The molecule has 5 nitrogen and oxygen atoms in total. The Bertz CT molecular complexity index is 343. The third kappa shape index (κ3) is 2.16. The SMILES string of the molecule is Nc1ncc(Br)cc1C(N)C(=O)O. The van der Waals surface area contributed by atoms with E-state index in [0.29, 0.717) is 10.0 Å². The van der Waals surface area contributed by atoms with E-state index < -0.39 is 12.0 Å². The highest BCUT2D eigenvalue weighted by molar-refractivity contribution is 9.10. The van der Waals surface area contributed by atoms with Gasteiger partial charge in [0, 0.05) is 16.2 Å². The molecule has 0 amide bonds. The summed E-state index contributed by atoms with van der Waals surface area (Å²) >= 11 is 3.15. The van der Waals surface area contributed by atoms with E-state index in [1.54, 1.807) is 6.07 Å². The lowest BCUT2D eigenvalue weighted by molar-refractivity contribution is -0.138. The summed E-state index contributed by atoms with van der Waals surface area (Å²) in [6.07, 6.45) is 1.48. The Kier molecular flexibility index (Phi) is 2.84. The second-order valence-corrected chi connectivity index (χ2v) is 3.36. The number of aliphatic carboxylic acids is 1. The number of carbonyl (C=O) groups is 1. The van der Waals surface area contributed by atoms with Crippen LogP contribution in [0.5, 0.6) is 0 Å². The lowest BCUT2D eigenvalue weighted by Crippen LogP contribution is -2.22. The molecule has 70 valence electrons. The van der Waals surface area contributed by atoms with Crippen molar-refractivity contribution < 1.29 is 9.90 Å². The summed E-state index contributed by atoms with van der Waals surface area (Å²) in [5.41, 5.74) is 11.1. The molecule has 0 aliphatic rings. The van der Waals surface area contributed by atoms with Crippen molar-refractivity contribution in [3.63, 3.8) is 0 Å². The van der Waals surface area contributed by atoms with Crippen LogP contribution in [0.15, 0.2) is 16.7 Å². The summed E-state index contributed by atoms with van der Waals surface area (Å²) in [7, 11) is 0. The number of nitrogen functional groups attached to an aromatic ring is 1. The minimum atomic E-state index is -1.13. The average molecular weight is 246 g/mol. The minimum absolute atomic E-state index is 0.137. The minimum Gasteiger partial charge on any atom is -0.480 e. The molecular formula is C7H8BrN3O2. The Morgan fingerprint density at radius 3 is 2.85 bits per heavy atom. The molecule has 1 unspecified atom stereocenters. The molecule has 1 atom stereocenters. The molecule has 6 heteroatoms. The van der Waals surface area contributed by atoms with Gasteiger partial charge in [0.15, 0.2) is 0 Å². The lowest BCUT2D eigenvalue weighted by Gasteiger charge is -2.08. The first kappa shape index (κ1) is 9.94. The van der Waals surface area contributed by atoms with Gasteiger partial charge >= 0.3 is 5.97 Å². The largest absolute Gasteiger partial charge is 0.480 e. The van der Waals surface area contributed by atoms with Crippen molar-refractivity contribution in [2.75, 3.05) is 5.73 Å². The number of aromatic nitrogens is 1. The van der Waals surface area contributed by atoms with Crippen LogP contribution in [0.25, 0.3) is 0 Å². The Balaban J connectivity index is 3.12. The Labute approximate surface area is 82.9 Å². The number of nitrogens with two attached hydrogens (primary N) is 2. The van der Waals surface area contributed by atoms with Crippen LogP contribution in [-0.2, 0) is 4.79 Å². The maximum atomic E-state index is 10.5. The molecule has 5 N–H and O–H groups in total. The number of hydrogen-bond donors (Lipinski definition) is 3. The quantitative estimate of drug-likeness (QED) is 0.705. The molecule has 0 radical (unpaired) electrons. The summed E-state index contributed by atoms with van der Waals surface area (Å²) in [5.74, 6) is -0.996. The molecule has 13 heavy (non-hydrogen) atoms. The van der Waals surface area contributed by atoms with Gasteiger partial charge in [-0.1, -0.05) is 0 Å². The van der Waals surface area contributed by atoms with E-state index in [9.17, 15) is 4.79 Å². The lowest BCUT2D eigenvalue weighted by atomic mass is 10.1. The summed E-state index contributed by atoms with van der Waals surface area (Å²) in [4.78, 5) is 14.3. The summed E-state index contributed by atoms with van der Waals surface area (Å²) in [6, 6.07) is 0.409. The molecule has 0 fully saturated rings. The predicted octanol–water partition coefficient (Wildman–Crippen LogP) is 0.511. The van der Waals surface area contributed by atoms with E-state index in [0.717, 1.165) is 0 Å². The fraction of sp³-hybridized carbons (Fsp3) is 0.143. The topological polar surface area (TPSA) is 102 Å². The zero-order chi connectivity index (χ0) is 10.0. The first-order valence-electron chi connectivity index (χ1n) is 3.41. The van der Waals surface area contributed by atoms with Gasteiger partial charge in [0.2, 0.25) is 0 Å². The van der Waals surface area contributed by atoms with Crippen LogP contribution in [0.3, 0.4) is 0 Å². The Morgan fingerprint density at radius 2 is 2.31 bits per heavy atom. The highest BCUT2D eigenvalue weighted by atomic mass is 79.9. The summed E-state index contributed by atoms with van der Waals surface area (Å²) < 4.78 is 0.647. The highest BCUT2D eigenvalue weighted by Crippen LogP contribution is 2.20. The van der Waals surface area contributed by atoms with Crippen molar-refractivity contribution in [2.24, 2.45) is 5.73 Å². The van der Waals surface area contributed by atoms with Crippen LogP contribution < -0.4 is 11.5 Å². The average Bonchev–Trinajstić information content (AvgIpc) is 2.08. The summed E-state index contributed by atoms with van der Waals surface area (Å²) in [6.45, 7) is 0. The molecule has 0 aliphatic heterocycles. The number of rotatable bonds is 2. The summed E-state index contributed by atoms with van der Waals surface area (Å²) in [5, 5.41) is 8.63. The second-order valence-electron chi connectivity index (χ2n) is 2.44. The number of anilines is 1. The van der Waals surface area contributed by atoms with Crippen molar-refractivity contribution in [3.05, 3.63) is 22.3 Å². The monoisotopic (exact) mass is 245 g/mol. The zero-order valence-corrected chi connectivity index (χ0v) is 8.15. The van der Waals surface area contributed by atoms with Gasteiger partial charge in [0.1, 0.15) is 11.9 Å².